The van der Waals surface area contributed by atoms with Gasteiger partial charge in [0.25, 0.3) is 5.91 Å². The Morgan fingerprint density at radius 3 is 2.10 bits per heavy atom. The Balaban J connectivity index is 2.09. The zero-order valence-corrected chi connectivity index (χ0v) is 32.7. The lowest BCUT2D eigenvalue weighted by atomic mass is 9.79. The number of aliphatic hydroxyl groups excluding tert-OH is 2. The van der Waals surface area contributed by atoms with Gasteiger partial charge in [-0.3, -0.25) is 14.4 Å². The normalized spacial score (nSPS) is 15.8. The molecule has 3 aromatic rings. The van der Waals surface area contributed by atoms with Crippen molar-refractivity contribution in [2.45, 2.75) is 123 Å². The summed E-state index contributed by atoms with van der Waals surface area (Å²) in [5.74, 6) is -1.12. The summed E-state index contributed by atoms with van der Waals surface area (Å²) in [4.78, 5) is 44.6. The van der Waals surface area contributed by atoms with Crippen LogP contribution < -0.4 is 16.0 Å². The number of fused-ring (bicyclic) bond motifs is 1. The summed E-state index contributed by atoms with van der Waals surface area (Å²) < 4.78 is 0. The van der Waals surface area contributed by atoms with Crippen LogP contribution in [-0.2, 0) is 26.5 Å². The Morgan fingerprint density at radius 1 is 0.808 bits per heavy atom. The highest BCUT2D eigenvalue weighted by Crippen LogP contribution is 2.39. The highest BCUT2D eigenvalue weighted by Gasteiger charge is 2.48. The molecule has 286 valence electrons. The molecule has 9 nitrogen and oxygen atoms in total. The first-order valence-electron chi connectivity index (χ1n) is 19.2. The van der Waals surface area contributed by atoms with E-state index in [-0.39, 0.29) is 42.4 Å². The molecular formula is C43H64N4O5. The zero-order valence-electron chi connectivity index (χ0n) is 32.7. The van der Waals surface area contributed by atoms with E-state index in [0.29, 0.717) is 32.4 Å². The number of nitrogens with one attached hydrogen (secondary N) is 3. The van der Waals surface area contributed by atoms with Crippen molar-refractivity contribution in [3.63, 3.8) is 0 Å². The van der Waals surface area contributed by atoms with Crippen LogP contribution in [0, 0.1) is 17.8 Å². The number of unbranched alkanes of at least 4 members (excludes halogenated alkanes) is 1. The minimum absolute atomic E-state index is 0.0674. The van der Waals surface area contributed by atoms with E-state index < -0.39 is 35.7 Å². The monoisotopic (exact) mass is 716 g/mol. The Bertz CT molecular complexity index is 1560. The molecule has 3 amide bonds. The molecule has 0 aromatic heterocycles. The molecule has 0 spiro atoms. The molecule has 0 aliphatic rings. The van der Waals surface area contributed by atoms with Crippen molar-refractivity contribution in [2.75, 3.05) is 13.6 Å². The number of amides is 3. The maximum Gasteiger partial charge on any atom is 0.250 e. The van der Waals surface area contributed by atoms with Gasteiger partial charge in [-0.25, -0.2) is 0 Å². The molecule has 0 radical (unpaired) electrons. The van der Waals surface area contributed by atoms with Gasteiger partial charge in [-0.05, 0) is 73.3 Å². The van der Waals surface area contributed by atoms with Crippen LogP contribution in [0.3, 0.4) is 0 Å². The van der Waals surface area contributed by atoms with Gasteiger partial charge in [0.2, 0.25) is 11.8 Å². The molecule has 0 fully saturated rings. The molecule has 6 atom stereocenters. The quantitative estimate of drug-likeness (QED) is 0.0880. The first-order valence-corrected chi connectivity index (χ1v) is 19.2. The number of rotatable bonds is 21. The summed E-state index contributed by atoms with van der Waals surface area (Å²) in [6.07, 6.45) is 0.716. The molecule has 3 rings (SSSR count). The Labute approximate surface area is 312 Å². The number of carbonyl (C=O) groups is 3. The van der Waals surface area contributed by atoms with E-state index in [1.165, 1.54) is 0 Å². The minimum atomic E-state index is -1.42. The highest BCUT2D eigenvalue weighted by atomic mass is 16.3. The van der Waals surface area contributed by atoms with Crippen molar-refractivity contribution in [3.8, 4) is 0 Å². The van der Waals surface area contributed by atoms with Gasteiger partial charge in [0.05, 0.1) is 24.3 Å². The third kappa shape index (κ3) is 11.6. The number of nitrogens with zero attached hydrogens (tertiary/aromatic N) is 1. The van der Waals surface area contributed by atoms with Gasteiger partial charge in [0.15, 0.2) is 0 Å². The number of benzene rings is 3. The average Bonchev–Trinajstić information content (AvgIpc) is 3.12. The van der Waals surface area contributed by atoms with Crippen LogP contribution in [0.2, 0.25) is 0 Å². The van der Waals surface area contributed by atoms with Crippen LogP contribution in [0.4, 0.5) is 0 Å². The van der Waals surface area contributed by atoms with Crippen molar-refractivity contribution in [1.82, 2.24) is 20.9 Å². The van der Waals surface area contributed by atoms with E-state index in [9.17, 15) is 19.8 Å². The van der Waals surface area contributed by atoms with E-state index >= 15 is 4.79 Å². The van der Waals surface area contributed by atoms with Crippen molar-refractivity contribution in [2.24, 2.45) is 17.8 Å². The van der Waals surface area contributed by atoms with Gasteiger partial charge >= 0.3 is 0 Å². The molecule has 0 bridgehead atoms. The summed E-state index contributed by atoms with van der Waals surface area (Å²) in [7, 11) is 1.71. The van der Waals surface area contributed by atoms with Crippen LogP contribution in [-0.4, -0.2) is 70.7 Å². The van der Waals surface area contributed by atoms with Crippen LogP contribution in [0.15, 0.2) is 72.8 Å². The lowest BCUT2D eigenvalue weighted by molar-refractivity contribution is -0.149. The van der Waals surface area contributed by atoms with Gasteiger partial charge in [-0.1, -0.05) is 120 Å². The molecule has 3 aromatic carbocycles. The summed E-state index contributed by atoms with van der Waals surface area (Å²) >= 11 is 0. The Hall–Kier alpha value is -3.79. The van der Waals surface area contributed by atoms with E-state index in [2.05, 4.69) is 22.9 Å². The molecule has 0 saturated heterocycles. The summed E-state index contributed by atoms with van der Waals surface area (Å²) in [6, 6.07) is 22.3. The Kier molecular flexibility index (Phi) is 16.8. The van der Waals surface area contributed by atoms with E-state index in [1.54, 1.807) is 18.9 Å². The summed E-state index contributed by atoms with van der Waals surface area (Å²) in [5.41, 5.74) is 0.353. The number of hydrogen-bond acceptors (Lipinski definition) is 6. The first-order chi connectivity index (χ1) is 24.7. The van der Waals surface area contributed by atoms with Crippen molar-refractivity contribution >= 4 is 28.5 Å². The summed E-state index contributed by atoms with van der Waals surface area (Å²) in [6.45, 7) is 14.6. The number of hydrogen-bond donors (Lipinski definition) is 5. The predicted octanol–water partition coefficient (Wildman–Crippen LogP) is 6.30. The van der Waals surface area contributed by atoms with Crippen LogP contribution in [0.1, 0.15) is 98.1 Å². The third-order valence-electron chi connectivity index (χ3n) is 9.95. The van der Waals surface area contributed by atoms with E-state index in [1.807, 2.05) is 107 Å². The largest absolute Gasteiger partial charge is 0.393 e. The zero-order chi connectivity index (χ0) is 38.4. The molecule has 2 unspecified atom stereocenters. The molecule has 0 aliphatic carbocycles. The van der Waals surface area contributed by atoms with Gasteiger partial charge in [0.1, 0.15) is 5.54 Å². The van der Waals surface area contributed by atoms with Crippen LogP contribution in [0.5, 0.6) is 0 Å². The van der Waals surface area contributed by atoms with Gasteiger partial charge in [0, 0.05) is 26.1 Å². The fourth-order valence-corrected chi connectivity index (χ4v) is 7.06. The second-order valence-corrected chi connectivity index (χ2v) is 15.4. The second kappa shape index (κ2) is 20.5. The van der Waals surface area contributed by atoms with E-state index in [4.69, 9.17) is 0 Å². The van der Waals surface area contributed by atoms with Crippen molar-refractivity contribution < 1.29 is 24.6 Å². The lowest BCUT2D eigenvalue weighted by Gasteiger charge is -2.44. The number of likely N-dealkylation sites (N-methyl/N-ethyl adjacent to an activating group) is 1. The average molecular weight is 717 g/mol. The van der Waals surface area contributed by atoms with Crippen molar-refractivity contribution in [1.29, 1.82) is 0 Å². The third-order valence-corrected chi connectivity index (χ3v) is 9.95. The molecule has 9 heteroatoms. The molecule has 52 heavy (non-hydrogen) atoms. The molecular weight excluding hydrogens is 652 g/mol. The maximum atomic E-state index is 15.3. The van der Waals surface area contributed by atoms with Gasteiger partial charge in [-0.2, -0.15) is 0 Å². The predicted molar refractivity (Wildman–Crippen MR) is 210 cm³/mol. The van der Waals surface area contributed by atoms with E-state index in [0.717, 1.165) is 28.3 Å². The molecule has 0 saturated carbocycles. The summed E-state index contributed by atoms with van der Waals surface area (Å²) in [5, 5.41) is 33.5. The van der Waals surface area contributed by atoms with Crippen LogP contribution >= 0.6 is 0 Å². The van der Waals surface area contributed by atoms with Gasteiger partial charge < -0.3 is 31.1 Å². The molecule has 5 N–H and O–H groups in total. The topological polar surface area (TPSA) is 131 Å². The fourth-order valence-electron chi connectivity index (χ4n) is 7.06. The highest BCUT2D eigenvalue weighted by molar-refractivity contribution is 5.99. The molecule has 0 heterocycles. The Morgan fingerprint density at radius 2 is 1.46 bits per heavy atom. The lowest BCUT2D eigenvalue weighted by Crippen LogP contribution is -2.62. The van der Waals surface area contributed by atoms with Crippen molar-refractivity contribution in [3.05, 3.63) is 83.9 Å². The number of aliphatic hydroxyl groups is 2. The molecule has 0 aliphatic heterocycles. The smallest absolute Gasteiger partial charge is 0.250 e. The maximum absolute atomic E-state index is 15.3. The fraction of sp³-hybridized carbons (Fsp3) is 0.558. The first kappa shape index (κ1) is 42.6. The number of carbonyl (C=O) groups excluding carboxylic acids is 3. The second-order valence-electron chi connectivity index (χ2n) is 15.4. The SMILES string of the molecule is CCCC[C@](C(=O)N[C@@H](CC(C)C)[C@@H](O)CC(CC(C)O)C(=O)NCC(C)C)(c1cccc2ccccc12)N(C)C(=O)[C@H](C)NCc1ccccc1. The van der Waals surface area contributed by atoms with Gasteiger partial charge in [-0.15, -0.1) is 0 Å². The minimum Gasteiger partial charge on any atom is -0.393 e. The van der Waals surface area contributed by atoms with Crippen LogP contribution in [0.25, 0.3) is 10.8 Å². The standard InChI is InChI=1S/C43H64N4O5/c1-9-10-23-43(37-22-16-20-34-19-14-15-21-36(34)37,47(8)41(51)32(7)44-28-33-17-12-11-13-18-33)42(52)46-38(24-29(2)3)39(49)26-35(25-31(6)48)40(50)45-27-30(4)5/h11-22,29-32,35,38-39,44,48-49H,9-10,23-28H2,1-8H3,(H,45,50)(H,46,52)/t31?,32-,35?,38-,39-,43+/m0/s1.